The Balaban J connectivity index is 1.74. The molecule has 0 aliphatic rings. The van der Waals surface area contributed by atoms with Crippen LogP contribution in [-0.2, 0) is 22.6 Å². The van der Waals surface area contributed by atoms with Gasteiger partial charge in [0, 0.05) is 23.5 Å². The molecule has 0 saturated carbocycles. The highest BCUT2D eigenvalue weighted by atomic mass is 16.6. The van der Waals surface area contributed by atoms with Crippen molar-refractivity contribution in [3.8, 4) is 5.75 Å². The second-order valence-corrected chi connectivity index (χ2v) is 8.04. The van der Waals surface area contributed by atoms with E-state index in [0.29, 0.717) is 12.4 Å². The number of hydrogen-bond acceptors (Lipinski definition) is 4. The second-order valence-electron chi connectivity index (χ2n) is 8.04. The molecule has 3 rings (SSSR count). The number of alkyl carbamates (subject to hydrolysis) is 1. The smallest absolute Gasteiger partial charge is 0.408 e. The average Bonchev–Trinajstić information content (AvgIpc) is 3.07. The van der Waals surface area contributed by atoms with Crippen LogP contribution in [0.2, 0.25) is 0 Å². The Morgan fingerprint density at radius 1 is 1.13 bits per heavy atom. The number of aliphatic carboxylic acids is 1. The molecule has 0 radical (unpaired) electrons. The number of ether oxygens (including phenoxy) is 2. The van der Waals surface area contributed by atoms with E-state index in [4.69, 9.17) is 9.47 Å². The van der Waals surface area contributed by atoms with Crippen molar-refractivity contribution in [2.45, 2.75) is 45.4 Å². The van der Waals surface area contributed by atoms with Gasteiger partial charge in [-0.15, -0.1) is 0 Å². The highest BCUT2D eigenvalue weighted by Crippen LogP contribution is 2.25. The van der Waals surface area contributed by atoms with Crippen molar-refractivity contribution in [1.29, 1.82) is 0 Å². The van der Waals surface area contributed by atoms with Crippen LogP contribution in [0.4, 0.5) is 4.79 Å². The maximum Gasteiger partial charge on any atom is 0.408 e. The minimum absolute atomic E-state index is 0.108. The number of carbonyl (C=O) groups excluding carboxylic acids is 1. The van der Waals surface area contributed by atoms with Gasteiger partial charge >= 0.3 is 12.1 Å². The molecule has 0 aliphatic heterocycles. The molecule has 3 aromatic rings. The number of rotatable bonds is 7. The Bertz CT molecular complexity index is 1020. The summed E-state index contributed by atoms with van der Waals surface area (Å²) >= 11 is 0. The van der Waals surface area contributed by atoms with Crippen LogP contribution in [0.25, 0.3) is 10.9 Å². The van der Waals surface area contributed by atoms with E-state index in [1.807, 2.05) is 48.5 Å². The Labute approximate surface area is 175 Å². The van der Waals surface area contributed by atoms with Gasteiger partial charge in [0.25, 0.3) is 0 Å². The topological polar surface area (TPSA) is 101 Å². The lowest BCUT2D eigenvalue weighted by molar-refractivity contribution is -0.139. The molecule has 3 N–H and O–H groups in total. The normalized spacial score (nSPS) is 12.4. The monoisotopic (exact) mass is 410 g/mol. The number of nitrogens with one attached hydrogen (secondary N) is 2. The number of H-pyrrole nitrogens is 1. The molecule has 0 fully saturated rings. The average molecular weight is 410 g/mol. The SMILES string of the molecule is CC(C)(C)OC(=O)NC(Cc1c[nH]c2ccc(OCc3ccccc3)cc12)C(=O)O. The number of hydrogen-bond donors (Lipinski definition) is 3. The first-order chi connectivity index (χ1) is 14.2. The van der Waals surface area contributed by atoms with Gasteiger partial charge in [-0.2, -0.15) is 0 Å². The zero-order chi connectivity index (χ0) is 21.7. The molecule has 30 heavy (non-hydrogen) atoms. The van der Waals surface area contributed by atoms with E-state index >= 15 is 0 Å². The first-order valence-electron chi connectivity index (χ1n) is 9.70. The van der Waals surface area contributed by atoms with Gasteiger partial charge < -0.3 is 24.9 Å². The van der Waals surface area contributed by atoms with Crippen LogP contribution in [0.3, 0.4) is 0 Å². The molecule has 0 spiro atoms. The zero-order valence-electron chi connectivity index (χ0n) is 17.3. The van der Waals surface area contributed by atoms with Crippen molar-refractivity contribution in [2.75, 3.05) is 0 Å². The van der Waals surface area contributed by atoms with Crippen LogP contribution in [0.1, 0.15) is 31.9 Å². The van der Waals surface area contributed by atoms with Gasteiger partial charge in [0.1, 0.15) is 24.0 Å². The van der Waals surface area contributed by atoms with Crippen molar-refractivity contribution in [3.05, 3.63) is 65.9 Å². The number of carboxylic acids is 1. The molecule has 1 atom stereocenters. The van der Waals surface area contributed by atoms with Gasteiger partial charge in [0.2, 0.25) is 0 Å². The number of aromatic nitrogens is 1. The van der Waals surface area contributed by atoms with E-state index in [1.54, 1.807) is 27.0 Å². The van der Waals surface area contributed by atoms with Crippen LogP contribution >= 0.6 is 0 Å². The lowest BCUT2D eigenvalue weighted by Gasteiger charge is -2.22. The minimum Gasteiger partial charge on any atom is -0.489 e. The number of benzene rings is 2. The second kappa shape index (κ2) is 8.90. The summed E-state index contributed by atoms with van der Waals surface area (Å²) in [6.45, 7) is 5.60. The molecule has 0 aliphatic carbocycles. The van der Waals surface area contributed by atoms with E-state index in [9.17, 15) is 14.7 Å². The molecule has 0 bridgehead atoms. The first-order valence-corrected chi connectivity index (χ1v) is 9.70. The molecule has 1 unspecified atom stereocenters. The lowest BCUT2D eigenvalue weighted by Crippen LogP contribution is -2.44. The molecular weight excluding hydrogens is 384 g/mol. The van der Waals surface area contributed by atoms with Crippen LogP contribution in [0, 0.1) is 0 Å². The largest absolute Gasteiger partial charge is 0.489 e. The Kier molecular flexibility index (Phi) is 6.30. The summed E-state index contributed by atoms with van der Waals surface area (Å²) in [5.41, 5.74) is 1.97. The molecule has 158 valence electrons. The van der Waals surface area contributed by atoms with Gasteiger partial charge in [-0.05, 0) is 50.1 Å². The fourth-order valence-corrected chi connectivity index (χ4v) is 3.03. The van der Waals surface area contributed by atoms with Crippen molar-refractivity contribution >= 4 is 23.0 Å². The molecule has 1 aromatic heterocycles. The third-order valence-corrected chi connectivity index (χ3v) is 4.40. The van der Waals surface area contributed by atoms with Crippen molar-refractivity contribution < 1.29 is 24.2 Å². The maximum atomic E-state index is 12.0. The summed E-state index contributed by atoms with van der Waals surface area (Å²) in [5.74, 6) is -0.453. The van der Waals surface area contributed by atoms with Gasteiger partial charge in [0.15, 0.2) is 0 Å². The fourth-order valence-electron chi connectivity index (χ4n) is 3.03. The van der Waals surface area contributed by atoms with Gasteiger partial charge in [0.05, 0.1) is 0 Å². The number of fused-ring (bicyclic) bond motifs is 1. The van der Waals surface area contributed by atoms with Crippen molar-refractivity contribution in [2.24, 2.45) is 0 Å². The van der Waals surface area contributed by atoms with Crippen LogP contribution < -0.4 is 10.1 Å². The van der Waals surface area contributed by atoms with Gasteiger partial charge in [-0.3, -0.25) is 0 Å². The number of carboxylic acid groups (broad SMARTS) is 1. The molecule has 1 heterocycles. The molecule has 0 saturated heterocycles. The summed E-state index contributed by atoms with van der Waals surface area (Å²) < 4.78 is 11.1. The fraction of sp³-hybridized carbons (Fsp3) is 0.304. The Morgan fingerprint density at radius 3 is 2.53 bits per heavy atom. The summed E-state index contributed by atoms with van der Waals surface area (Å²) in [6, 6.07) is 14.3. The minimum atomic E-state index is -1.13. The van der Waals surface area contributed by atoms with E-state index in [2.05, 4.69) is 10.3 Å². The Morgan fingerprint density at radius 2 is 1.87 bits per heavy atom. The molecule has 7 nitrogen and oxygen atoms in total. The Hall–Kier alpha value is -3.48. The zero-order valence-corrected chi connectivity index (χ0v) is 17.3. The highest BCUT2D eigenvalue weighted by molar-refractivity contribution is 5.86. The van der Waals surface area contributed by atoms with E-state index in [-0.39, 0.29) is 6.42 Å². The number of amides is 1. The van der Waals surface area contributed by atoms with Gasteiger partial charge in [-0.25, -0.2) is 9.59 Å². The van der Waals surface area contributed by atoms with Crippen LogP contribution in [0.5, 0.6) is 5.75 Å². The van der Waals surface area contributed by atoms with E-state index < -0.39 is 23.7 Å². The highest BCUT2D eigenvalue weighted by Gasteiger charge is 2.25. The third-order valence-electron chi connectivity index (χ3n) is 4.40. The molecule has 2 aromatic carbocycles. The number of carbonyl (C=O) groups is 2. The predicted molar refractivity (Wildman–Crippen MR) is 114 cm³/mol. The predicted octanol–water partition coefficient (Wildman–Crippen LogP) is 4.27. The lowest BCUT2D eigenvalue weighted by atomic mass is 10.0. The quantitative estimate of drug-likeness (QED) is 0.540. The van der Waals surface area contributed by atoms with Crippen molar-refractivity contribution in [1.82, 2.24) is 10.3 Å². The van der Waals surface area contributed by atoms with Crippen LogP contribution in [0.15, 0.2) is 54.7 Å². The first kappa shape index (κ1) is 21.2. The van der Waals surface area contributed by atoms with E-state index in [1.165, 1.54) is 0 Å². The summed E-state index contributed by atoms with van der Waals surface area (Å²) in [7, 11) is 0. The maximum absolute atomic E-state index is 12.0. The standard InChI is InChI=1S/C23H26N2O5/c1-23(2,3)30-22(28)25-20(21(26)27)11-16-13-24-19-10-9-17(12-18(16)19)29-14-15-7-5-4-6-8-15/h4-10,12-13,20,24H,11,14H2,1-3H3,(H,25,28)(H,26,27). The van der Waals surface area contributed by atoms with Crippen molar-refractivity contribution in [3.63, 3.8) is 0 Å². The third kappa shape index (κ3) is 5.76. The summed E-state index contributed by atoms with van der Waals surface area (Å²) in [5, 5.41) is 12.8. The number of aromatic amines is 1. The molecular formula is C23H26N2O5. The molecule has 1 amide bonds. The molecule has 7 heteroatoms. The van der Waals surface area contributed by atoms with Crippen LogP contribution in [-0.4, -0.2) is 33.8 Å². The summed E-state index contributed by atoms with van der Waals surface area (Å²) in [6.07, 6.45) is 1.09. The van der Waals surface area contributed by atoms with Gasteiger partial charge in [-0.1, -0.05) is 30.3 Å². The van der Waals surface area contributed by atoms with E-state index in [0.717, 1.165) is 22.0 Å². The summed E-state index contributed by atoms with van der Waals surface area (Å²) in [4.78, 5) is 26.8.